The number of amides is 1. The number of carbonyl (C=O) groups is 2. The molecule has 1 atom stereocenters. The molecule has 1 amide bonds. The van der Waals surface area contributed by atoms with Crippen LogP contribution >= 0.6 is 0 Å². The number of carboxylic acids is 1. The van der Waals surface area contributed by atoms with Crippen molar-refractivity contribution in [3.05, 3.63) is 47.6 Å². The molecule has 0 spiro atoms. The van der Waals surface area contributed by atoms with Gasteiger partial charge in [-0.3, -0.25) is 14.6 Å². The SMILES string of the molecule is CC1=C(O)C(C)(C(=O)NCC(=O)O)NC=C1c1cccnc1. The fourth-order valence-corrected chi connectivity index (χ4v) is 2.22. The van der Waals surface area contributed by atoms with E-state index in [0.29, 0.717) is 11.1 Å². The van der Waals surface area contributed by atoms with Crippen LogP contribution in [0.3, 0.4) is 0 Å². The van der Waals surface area contributed by atoms with Crippen molar-refractivity contribution >= 4 is 17.4 Å². The van der Waals surface area contributed by atoms with Crippen LogP contribution in [0.4, 0.5) is 0 Å². The van der Waals surface area contributed by atoms with Crippen molar-refractivity contribution in [1.82, 2.24) is 15.6 Å². The van der Waals surface area contributed by atoms with E-state index in [-0.39, 0.29) is 5.76 Å². The summed E-state index contributed by atoms with van der Waals surface area (Å²) in [6, 6.07) is 3.61. The van der Waals surface area contributed by atoms with Crippen molar-refractivity contribution in [2.45, 2.75) is 19.4 Å². The van der Waals surface area contributed by atoms with Gasteiger partial charge < -0.3 is 20.8 Å². The van der Waals surface area contributed by atoms with Crippen LogP contribution in [-0.2, 0) is 9.59 Å². The zero-order valence-corrected chi connectivity index (χ0v) is 12.3. The van der Waals surface area contributed by atoms with E-state index in [1.807, 2.05) is 6.07 Å². The minimum atomic E-state index is -1.41. The number of aromatic nitrogens is 1. The van der Waals surface area contributed by atoms with Crippen LogP contribution in [0.5, 0.6) is 0 Å². The van der Waals surface area contributed by atoms with E-state index in [1.54, 1.807) is 31.6 Å². The zero-order valence-electron chi connectivity index (χ0n) is 12.3. The van der Waals surface area contributed by atoms with E-state index in [2.05, 4.69) is 15.6 Å². The van der Waals surface area contributed by atoms with Gasteiger partial charge in [0.1, 0.15) is 12.3 Å². The van der Waals surface area contributed by atoms with Gasteiger partial charge in [-0.1, -0.05) is 6.07 Å². The Labute approximate surface area is 127 Å². The quantitative estimate of drug-likeness (QED) is 0.655. The molecule has 0 aromatic carbocycles. The minimum Gasteiger partial charge on any atom is -0.509 e. The fourth-order valence-electron chi connectivity index (χ4n) is 2.22. The van der Waals surface area contributed by atoms with Crippen LogP contribution < -0.4 is 10.6 Å². The lowest BCUT2D eigenvalue weighted by atomic mass is 9.87. The van der Waals surface area contributed by atoms with Gasteiger partial charge in [-0.05, 0) is 25.5 Å². The lowest BCUT2D eigenvalue weighted by molar-refractivity contribution is -0.138. The number of carbonyl (C=O) groups excluding carboxylic acids is 1. The maximum atomic E-state index is 12.2. The highest BCUT2D eigenvalue weighted by Crippen LogP contribution is 2.32. The van der Waals surface area contributed by atoms with Crippen LogP contribution in [-0.4, -0.2) is 39.2 Å². The number of nitrogens with zero attached hydrogens (tertiary/aromatic N) is 1. The Morgan fingerprint density at radius 3 is 2.77 bits per heavy atom. The number of aliphatic hydroxyl groups is 1. The van der Waals surface area contributed by atoms with E-state index in [1.165, 1.54) is 6.92 Å². The lowest BCUT2D eigenvalue weighted by Gasteiger charge is -2.33. The topological polar surface area (TPSA) is 112 Å². The first-order valence-corrected chi connectivity index (χ1v) is 6.65. The van der Waals surface area contributed by atoms with Gasteiger partial charge >= 0.3 is 5.97 Å². The number of aliphatic hydroxyl groups excluding tert-OH is 1. The highest BCUT2D eigenvalue weighted by molar-refractivity contribution is 5.94. The molecule has 7 nitrogen and oxygen atoms in total. The summed E-state index contributed by atoms with van der Waals surface area (Å²) in [6.45, 7) is 2.67. The van der Waals surface area contributed by atoms with Gasteiger partial charge in [0.15, 0.2) is 5.54 Å². The second-order valence-electron chi connectivity index (χ2n) is 5.12. The van der Waals surface area contributed by atoms with Crippen LogP contribution in [0.2, 0.25) is 0 Å². The van der Waals surface area contributed by atoms with E-state index < -0.39 is 24.0 Å². The first-order chi connectivity index (χ1) is 10.4. The molecule has 0 fully saturated rings. The predicted molar refractivity (Wildman–Crippen MR) is 79.7 cm³/mol. The molecular weight excluding hydrogens is 286 g/mol. The minimum absolute atomic E-state index is 0.156. The Balaban J connectivity index is 2.28. The Morgan fingerprint density at radius 1 is 1.45 bits per heavy atom. The van der Waals surface area contributed by atoms with Gasteiger partial charge in [0.05, 0.1) is 0 Å². The number of hydrogen-bond donors (Lipinski definition) is 4. The first-order valence-electron chi connectivity index (χ1n) is 6.65. The molecule has 0 aliphatic carbocycles. The molecule has 1 unspecified atom stereocenters. The molecule has 0 saturated carbocycles. The normalized spacial score (nSPS) is 20.9. The second kappa shape index (κ2) is 5.88. The third-order valence-electron chi connectivity index (χ3n) is 3.56. The largest absolute Gasteiger partial charge is 0.509 e. The van der Waals surface area contributed by atoms with Crippen molar-refractivity contribution in [2.75, 3.05) is 6.54 Å². The smallest absolute Gasteiger partial charge is 0.322 e. The van der Waals surface area contributed by atoms with Gasteiger partial charge in [-0.25, -0.2) is 0 Å². The van der Waals surface area contributed by atoms with E-state index >= 15 is 0 Å². The predicted octanol–water partition coefficient (Wildman–Crippen LogP) is 0.817. The third-order valence-corrected chi connectivity index (χ3v) is 3.56. The standard InChI is InChI=1S/C15H17N3O4/c1-9-11(10-4-3-5-16-6-10)7-18-15(2,13(9)21)14(22)17-8-12(19)20/h3-7,18,21H,8H2,1-2H3,(H,17,22)(H,19,20). The molecule has 7 heteroatoms. The summed E-state index contributed by atoms with van der Waals surface area (Å²) < 4.78 is 0. The Hall–Kier alpha value is -2.83. The monoisotopic (exact) mass is 303 g/mol. The highest BCUT2D eigenvalue weighted by Gasteiger charge is 2.41. The van der Waals surface area contributed by atoms with E-state index in [4.69, 9.17) is 5.11 Å². The summed E-state index contributed by atoms with van der Waals surface area (Å²) in [6.07, 6.45) is 4.91. The van der Waals surface area contributed by atoms with Gasteiger partial charge in [0.25, 0.3) is 5.91 Å². The van der Waals surface area contributed by atoms with Gasteiger partial charge in [-0.2, -0.15) is 0 Å². The fraction of sp³-hybridized carbons (Fsp3) is 0.267. The molecule has 0 bridgehead atoms. The third kappa shape index (κ3) is 2.78. The molecule has 2 heterocycles. The van der Waals surface area contributed by atoms with Crippen molar-refractivity contribution < 1.29 is 19.8 Å². The van der Waals surface area contributed by atoms with Gasteiger partial charge in [-0.15, -0.1) is 0 Å². The van der Waals surface area contributed by atoms with Crippen molar-refractivity contribution in [3.63, 3.8) is 0 Å². The molecule has 116 valence electrons. The Morgan fingerprint density at radius 2 is 2.18 bits per heavy atom. The molecule has 1 aliphatic rings. The molecule has 1 aromatic heterocycles. The molecule has 1 aliphatic heterocycles. The summed E-state index contributed by atoms with van der Waals surface area (Å²) >= 11 is 0. The maximum absolute atomic E-state index is 12.2. The van der Waals surface area contributed by atoms with Crippen molar-refractivity contribution in [2.24, 2.45) is 0 Å². The van der Waals surface area contributed by atoms with E-state index in [9.17, 15) is 14.7 Å². The van der Waals surface area contributed by atoms with Crippen LogP contribution in [0.1, 0.15) is 19.4 Å². The Kier molecular flexibility index (Phi) is 4.16. The number of dihydropyridines is 1. The van der Waals surface area contributed by atoms with Crippen molar-refractivity contribution in [3.8, 4) is 0 Å². The molecule has 0 saturated heterocycles. The van der Waals surface area contributed by atoms with Crippen LogP contribution in [0.15, 0.2) is 42.1 Å². The molecule has 2 rings (SSSR count). The summed E-state index contributed by atoms with van der Waals surface area (Å²) in [5.74, 6) is -1.93. The molecule has 0 radical (unpaired) electrons. The number of carboxylic acid groups (broad SMARTS) is 1. The average molecular weight is 303 g/mol. The van der Waals surface area contributed by atoms with Gasteiger partial charge in [0.2, 0.25) is 0 Å². The second-order valence-corrected chi connectivity index (χ2v) is 5.12. The number of rotatable bonds is 4. The number of nitrogens with one attached hydrogen (secondary N) is 2. The zero-order chi connectivity index (χ0) is 16.3. The molecule has 4 N–H and O–H groups in total. The van der Waals surface area contributed by atoms with Crippen molar-refractivity contribution in [1.29, 1.82) is 0 Å². The van der Waals surface area contributed by atoms with Crippen LogP contribution in [0.25, 0.3) is 5.57 Å². The maximum Gasteiger partial charge on any atom is 0.322 e. The Bertz CT molecular complexity index is 667. The molecular formula is C15H17N3O4. The summed E-state index contributed by atoms with van der Waals surface area (Å²) in [5.41, 5.74) is 0.631. The molecule has 1 aromatic rings. The number of allylic oxidation sites excluding steroid dienone is 2. The van der Waals surface area contributed by atoms with E-state index in [0.717, 1.165) is 5.56 Å². The number of aliphatic carboxylic acids is 1. The summed E-state index contributed by atoms with van der Waals surface area (Å²) in [7, 11) is 0. The molecule has 22 heavy (non-hydrogen) atoms. The van der Waals surface area contributed by atoms with Gasteiger partial charge in [0, 0.05) is 29.7 Å². The first kappa shape index (κ1) is 15.6. The lowest BCUT2D eigenvalue weighted by Crippen LogP contribution is -2.56. The van der Waals surface area contributed by atoms with Crippen LogP contribution in [0, 0.1) is 0 Å². The summed E-state index contributed by atoms with van der Waals surface area (Å²) in [4.78, 5) is 26.7. The average Bonchev–Trinajstić information content (AvgIpc) is 2.51. The summed E-state index contributed by atoms with van der Waals surface area (Å²) in [5, 5.41) is 24.1. The number of pyridine rings is 1. The number of hydrogen-bond acceptors (Lipinski definition) is 5. The highest BCUT2D eigenvalue weighted by atomic mass is 16.4.